The number of hydrogen-bond donors (Lipinski definition) is 2. The first-order chi connectivity index (χ1) is 9.54. The highest BCUT2D eigenvalue weighted by molar-refractivity contribution is 7.16. The van der Waals surface area contributed by atoms with E-state index in [0.29, 0.717) is 0 Å². The summed E-state index contributed by atoms with van der Waals surface area (Å²) in [5.74, 6) is -0.249. The monoisotopic (exact) mass is 315 g/mol. The number of hydrogen-bond acceptors (Lipinski definition) is 4. The van der Waals surface area contributed by atoms with Gasteiger partial charge in [-0.3, -0.25) is 9.69 Å². The van der Waals surface area contributed by atoms with Gasteiger partial charge in [0.05, 0.1) is 16.4 Å². The third kappa shape index (κ3) is 3.34. The van der Waals surface area contributed by atoms with E-state index in [1.807, 2.05) is 12.1 Å². The van der Waals surface area contributed by atoms with Crippen molar-refractivity contribution in [1.82, 2.24) is 4.90 Å². The summed E-state index contributed by atoms with van der Waals surface area (Å²) in [6, 6.07) is 3.69. The molecule has 1 aliphatic heterocycles. The van der Waals surface area contributed by atoms with Crippen LogP contribution in [0.25, 0.3) is 0 Å². The van der Waals surface area contributed by atoms with Crippen molar-refractivity contribution >= 4 is 28.8 Å². The second-order valence-electron chi connectivity index (χ2n) is 5.31. The van der Waals surface area contributed by atoms with Crippen molar-refractivity contribution in [1.29, 1.82) is 0 Å². The van der Waals surface area contributed by atoms with Gasteiger partial charge in [0, 0.05) is 10.9 Å². The number of carbonyl (C=O) groups is 1. The van der Waals surface area contributed by atoms with Crippen LogP contribution in [-0.2, 0) is 4.79 Å². The zero-order valence-corrected chi connectivity index (χ0v) is 13.3. The second-order valence-corrected chi connectivity index (χ2v) is 7.06. The molecular weight excluding hydrogens is 294 g/mol. The lowest BCUT2D eigenvalue weighted by molar-refractivity contribution is -0.125. The van der Waals surface area contributed by atoms with Crippen molar-refractivity contribution in [2.45, 2.75) is 50.7 Å². The topological polar surface area (TPSA) is 72.3 Å². The quantitative estimate of drug-likeness (QED) is 0.877. The molecule has 1 aliphatic rings. The molecule has 0 aromatic carbocycles. The van der Waals surface area contributed by atoms with E-state index in [1.165, 1.54) is 11.3 Å². The summed E-state index contributed by atoms with van der Waals surface area (Å²) in [5.41, 5.74) is 11.9. The number of amides is 1. The highest BCUT2D eigenvalue weighted by Gasteiger charge is 2.36. The summed E-state index contributed by atoms with van der Waals surface area (Å²) >= 11 is 7.60. The minimum absolute atomic E-state index is 0.0234. The Balaban J connectivity index is 2.31. The predicted octanol–water partition coefficient (Wildman–Crippen LogP) is 2.52. The summed E-state index contributed by atoms with van der Waals surface area (Å²) in [6.07, 6.45) is 3.79. The first kappa shape index (κ1) is 15.8. The number of halogens is 1. The lowest BCUT2D eigenvalue weighted by Crippen LogP contribution is -2.53. The fraction of sp³-hybridized carbons (Fsp3) is 0.643. The van der Waals surface area contributed by atoms with E-state index in [0.717, 1.165) is 41.4 Å². The number of nitrogens with two attached hydrogens (primary N) is 2. The molecule has 2 rings (SSSR count). The molecular formula is C14H22ClN3OS. The minimum Gasteiger partial charge on any atom is -0.368 e. The zero-order valence-electron chi connectivity index (χ0n) is 11.7. The van der Waals surface area contributed by atoms with E-state index in [1.54, 1.807) is 0 Å². The standard InChI is InChI=1S/C14H22ClN3OS/c1-2-9(16)13(11-6-7-12(15)20-11)18-8-4-3-5-10(18)14(17)19/h6-7,9-10,13H,2-5,8,16H2,1H3,(H2,17,19). The van der Waals surface area contributed by atoms with E-state index >= 15 is 0 Å². The van der Waals surface area contributed by atoms with Crippen molar-refractivity contribution < 1.29 is 4.79 Å². The molecule has 112 valence electrons. The third-order valence-corrected chi connectivity index (χ3v) is 5.29. The Morgan fingerprint density at radius 1 is 1.55 bits per heavy atom. The lowest BCUT2D eigenvalue weighted by Gasteiger charge is -2.41. The number of piperidine rings is 1. The van der Waals surface area contributed by atoms with Crippen LogP contribution in [0.3, 0.4) is 0 Å². The highest BCUT2D eigenvalue weighted by Crippen LogP contribution is 2.36. The van der Waals surface area contributed by atoms with Gasteiger partial charge in [0.15, 0.2) is 0 Å². The Bertz CT molecular complexity index is 465. The number of nitrogens with zero attached hydrogens (tertiary/aromatic N) is 1. The molecule has 0 saturated carbocycles. The summed E-state index contributed by atoms with van der Waals surface area (Å²) in [7, 11) is 0. The van der Waals surface area contributed by atoms with Crippen LogP contribution in [0.4, 0.5) is 0 Å². The summed E-state index contributed by atoms with van der Waals surface area (Å²) in [6.45, 7) is 2.93. The van der Waals surface area contributed by atoms with E-state index in [4.69, 9.17) is 23.1 Å². The molecule has 20 heavy (non-hydrogen) atoms. The smallest absolute Gasteiger partial charge is 0.234 e. The maximum atomic E-state index is 11.7. The molecule has 4 nitrogen and oxygen atoms in total. The van der Waals surface area contributed by atoms with Crippen LogP contribution in [0.5, 0.6) is 0 Å². The number of thiophene rings is 1. The fourth-order valence-corrected chi connectivity index (χ4v) is 4.18. The van der Waals surface area contributed by atoms with Gasteiger partial charge in [0.1, 0.15) is 0 Å². The van der Waals surface area contributed by atoms with Gasteiger partial charge in [-0.2, -0.15) is 0 Å². The van der Waals surface area contributed by atoms with Gasteiger partial charge in [-0.25, -0.2) is 0 Å². The van der Waals surface area contributed by atoms with Crippen LogP contribution in [0, 0.1) is 0 Å². The molecule has 2 heterocycles. The van der Waals surface area contributed by atoms with E-state index in [-0.39, 0.29) is 24.0 Å². The van der Waals surface area contributed by atoms with Crippen molar-refractivity contribution in [3.8, 4) is 0 Å². The van der Waals surface area contributed by atoms with E-state index in [9.17, 15) is 4.79 Å². The molecule has 3 unspecified atom stereocenters. The van der Waals surface area contributed by atoms with Gasteiger partial charge in [0.2, 0.25) is 5.91 Å². The summed E-state index contributed by atoms with van der Waals surface area (Å²) < 4.78 is 0.751. The largest absolute Gasteiger partial charge is 0.368 e. The third-order valence-electron chi connectivity index (χ3n) is 3.99. The molecule has 1 fully saturated rings. The average Bonchev–Trinajstić information content (AvgIpc) is 2.85. The Kier molecular flexibility index (Phi) is 5.43. The molecule has 0 spiro atoms. The summed E-state index contributed by atoms with van der Waals surface area (Å²) in [4.78, 5) is 15.0. The fourth-order valence-electron chi connectivity index (χ4n) is 2.92. The number of rotatable bonds is 5. The summed E-state index contributed by atoms with van der Waals surface area (Å²) in [5, 5.41) is 0. The van der Waals surface area contributed by atoms with Gasteiger partial charge < -0.3 is 11.5 Å². The maximum Gasteiger partial charge on any atom is 0.234 e. The van der Waals surface area contributed by atoms with Crippen molar-refractivity contribution in [2.24, 2.45) is 11.5 Å². The second kappa shape index (κ2) is 6.89. The minimum atomic E-state index is -0.249. The van der Waals surface area contributed by atoms with Crippen molar-refractivity contribution in [3.05, 3.63) is 21.3 Å². The number of carbonyl (C=O) groups excluding carboxylic acids is 1. The Labute approximate surface area is 129 Å². The molecule has 3 atom stereocenters. The SMILES string of the molecule is CCC(N)C(c1ccc(Cl)s1)N1CCCCC1C(N)=O. The first-order valence-electron chi connectivity index (χ1n) is 7.10. The van der Waals surface area contributed by atoms with E-state index in [2.05, 4.69) is 11.8 Å². The zero-order chi connectivity index (χ0) is 14.7. The number of likely N-dealkylation sites (tertiary alicyclic amines) is 1. The van der Waals surface area contributed by atoms with Crippen molar-refractivity contribution in [2.75, 3.05) is 6.54 Å². The molecule has 1 amide bonds. The first-order valence-corrected chi connectivity index (χ1v) is 8.30. The lowest BCUT2D eigenvalue weighted by atomic mass is 9.94. The maximum absolute atomic E-state index is 11.7. The highest BCUT2D eigenvalue weighted by atomic mass is 35.5. The molecule has 0 bridgehead atoms. The number of primary amides is 1. The van der Waals surface area contributed by atoms with Crippen molar-refractivity contribution in [3.63, 3.8) is 0 Å². The van der Waals surface area contributed by atoms with Gasteiger partial charge in [0.25, 0.3) is 0 Å². The molecule has 1 aromatic rings. The van der Waals surface area contributed by atoms with Crippen LogP contribution >= 0.6 is 22.9 Å². The molecule has 1 aromatic heterocycles. The normalized spacial score (nSPS) is 23.4. The van der Waals surface area contributed by atoms with Gasteiger partial charge in [-0.05, 0) is 37.9 Å². The van der Waals surface area contributed by atoms with E-state index < -0.39 is 0 Å². The Morgan fingerprint density at radius 2 is 2.30 bits per heavy atom. The average molecular weight is 316 g/mol. The molecule has 4 N–H and O–H groups in total. The molecule has 0 radical (unpaired) electrons. The van der Waals surface area contributed by atoms with Gasteiger partial charge in [-0.15, -0.1) is 11.3 Å². The van der Waals surface area contributed by atoms with Crippen LogP contribution in [0.1, 0.15) is 43.5 Å². The van der Waals surface area contributed by atoms with Crippen LogP contribution in [0.15, 0.2) is 12.1 Å². The van der Waals surface area contributed by atoms with Crippen LogP contribution in [0.2, 0.25) is 4.34 Å². The Morgan fingerprint density at radius 3 is 2.85 bits per heavy atom. The molecule has 0 aliphatic carbocycles. The van der Waals surface area contributed by atoms with Crippen LogP contribution in [-0.4, -0.2) is 29.4 Å². The van der Waals surface area contributed by atoms with Gasteiger partial charge in [-0.1, -0.05) is 24.9 Å². The predicted molar refractivity (Wildman–Crippen MR) is 83.9 cm³/mol. The molecule has 1 saturated heterocycles. The Hall–Kier alpha value is -0.620. The molecule has 6 heteroatoms. The van der Waals surface area contributed by atoms with Crippen LogP contribution < -0.4 is 11.5 Å². The van der Waals surface area contributed by atoms with Gasteiger partial charge >= 0.3 is 0 Å².